The minimum atomic E-state index is 0.190. The first-order chi connectivity index (χ1) is 3.72. The third kappa shape index (κ3) is 0.544. The van der Waals surface area contributed by atoms with Crippen molar-refractivity contribution in [3.8, 4) is 0 Å². The Labute approximate surface area is 50.3 Å². The second-order valence-corrected chi connectivity index (χ2v) is 1.64. The molecule has 1 aromatic rings. The fourth-order valence-corrected chi connectivity index (χ4v) is 0.456. The van der Waals surface area contributed by atoms with Gasteiger partial charge in [0, 0.05) is 0 Å². The van der Waals surface area contributed by atoms with Crippen molar-refractivity contribution in [3.05, 3.63) is 4.77 Å². The standard InChI is InChI=1S/C2H5N5S/c3-1-5-6-2(8)7(1)4/h4H2,(H2,3,5)(H,6,8). The van der Waals surface area contributed by atoms with Crippen LogP contribution in [0.5, 0.6) is 0 Å². The predicted molar refractivity (Wildman–Crippen MR) is 32.0 cm³/mol. The van der Waals surface area contributed by atoms with Gasteiger partial charge in [0.25, 0.3) is 0 Å². The van der Waals surface area contributed by atoms with E-state index in [1.807, 2.05) is 0 Å². The molecule has 0 aliphatic rings. The molecule has 0 saturated heterocycles. The summed E-state index contributed by atoms with van der Waals surface area (Å²) in [6, 6.07) is 0. The third-order valence-electron chi connectivity index (χ3n) is 0.732. The lowest BCUT2D eigenvalue weighted by Gasteiger charge is -1.86. The van der Waals surface area contributed by atoms with Crippen LogP contribution in [0.25, 0.3) is 0 Å². The second kappa shape index (κ2) is 1.48. The maximum absolute atomic E-state index is 5.20. The summed E-state index contributed by atoms with van der Waals surface area (Å²) in [5.74, 6) is 5.39. The molecule has 0 aromatic carbocycles. The van der Waals surface area contributed by atoms with Gasteiger partial charge in [0.05, 0.1) is 0 Å². The summed E-state index contributed by atoms with van der Waals surface area (Å²) in [6.45, 7) is 0. The van der Waals surface area contributed by atoms with Crippen LogP contribution in [0.2, 0.25) is 0 Å². The zero-order valence-corrected chi connectivity index (χ0v) is 4.77. The Morgan fingerprint density at radius 2 is 2.38 bits per heavy atom. The van der Waals surface area contributed by atoms with E-state index in [4.69, 9.17) is 11.6 Å². The molecule has 6 heteroatoms. The van der Waals surface area contributed by atoms with Gasteiger partial charge < -0.3 is 11.6 Å². The van der Waals surface area contributed by atoms with Crippen LogP contribution in [0.1, 0.15) is 0 Å². The smallest absolute Gasteiger partial charge is 0.239 e. The van der Waals surface area contributed by atoms with Crippen LogP contribution in [0.4, 0.5) is 5.95 Å². The molecule has 5 N–H and O–H groups in total. The van der Waals surface area contributed by atoms with Crippen LogP contribution in [-0.4, -0.2) is 14.9 Å². The fraction of sp³-hybridized carbons (Fsp3) is 0. The van der Waals surface area contributed by atoms with Gasteiger partial charge in [-0.1, -0.05) is 0 Å². The zero-order chi connectivity index (χ0) is 6.15. The number of aromatic nitrogens is 3. The molecule has 0 spiro atoms. The van der Waals surface area contributed by atoms with Crippen LogP contribution in [0.15, 0.2) is 0 Å². The largest absolute Gasteiger partial charge is 0.367 e. The highest BCUT2D eigenvalue weighted by Gasteiger charge is 1.91. The molecule has 1 heterocycles. The average Bonchev–Trinajstić information content (AvgIpc) is 1.98. The SMILES string of the molecule is Nc1n[nH]c(=S)n1N. The molecular weight excluding hydrogens is 126 g/mol. The highest BCUT2D eigenvalue weighted by molar-refractivity contribution is 7.71. The van der Waals surface area contributed by atoms with Gasteiger partial charge >= 0.3 is 0 Å². The quantitative estimate of drug-likeness (QED) is 0.319. The number of nitrogens with two attached hydrogens (primary N) is 2. The van der Waals surface area contributed by atoms with Gasteiger partial charge in [-0.15, -0.1) is 5.10 Å². The molecule has 1 rings (SSSR count). The lowest BCUT2D eigenvalue weighted by atomic mass is 11.1. The molecule has 0 fully saturated rings. The highest BCUT2D eigenvalue weighted by atomic mass is 32.1. The van der Waals surface area contributed by atoms with Crippen molar-refractivity contribution >= 4 is 18.2 Å². The van der Waals surface area contributed by atoms with Crippen LogP contribution in [0.3, 0.4) is 0 Å². The number of hydrogen-bond acceptors (Lipinski definition) is 4. The van der Waals surface area contributed by atoms with E-state index < -0.39 is 0 Å². The molecule has 0 aliphatic carbocycles. The van der Waals surface area contributed by atoms with Gasteiger partial charge in [-0.05, 0) is 12.2 Å². The molecule has 0 bridgehead atoms. The Bertz CT molecular complexity index is 233. The van der Waals surface area contributed by atoms with Gasteiger partial charge in [-0.2, -0.15) is 0 Å². The number of anilines is 1. The van der Waals surface area contributed by atoms with E-state index in [1.165, 1.54) is 0 Å². The molecule has 0 amide bonds. The zero-order valence-electron chi connectivity index (χ0n) is 3.96. The Kier molecular flexibility index (Phi) is 0.943. The number of nitrogens with one attached hydrogen (secondary N) is 1. The fourth-order valence-electron chi connectivity index (χ4n) is 0.317. The Morgan fingerprint density at radius 1 is 1.75 bits per heavy atom. The van der Waals surface area contributed by atoms with Crippen LogP contribution in [-0.2, 0) is 0 Å². The lowest BCUT2D eigenvalue weighted by Crippen LogP contribution is -2.11. The summed E-state index contributed by atoms with van der Waals surface area (Å²) in [4.78, 5) is 0. The summed E-state index contributed by atoms with van der Waals surface area (Å²) >= 11 is 4.61. The number of aromatic amines is 1. The first-order valence-corrected chi connectivity index (χ1v) is 2.30. The number of H-pyrrole nitrogens is 1. The summed E-state index contributed by atoms with van der Waals surface area (Å²) in [5.41, 5.74) is 5.17. The second-order valence-electron chi connectivity index (χ2n) is 1.26. The molecule has 44 valence electrons. The van der Waals surface area contributed by atoms with Crippen molar-refractivity contribution in [1.29, 1.82) is 0 Å². The summed E-state index contributed by atoms with van der Waals surface area (Å²) in [7, 11) is 0. The van der Waals surface area contributed by atoms with Crippen molar-refractivity contribution in [1.82, 2.24) is 14.9 Å². The maximum Gasteiger partial charge on any atom is 0.239 e. The Morgan fingerprint density at radius 3 is 2.50 bits per heavy atom. The molecule has 1 aromatic heterocycles. The van der Waals surface area contributed by atoms with Crippen molar-refractivity contribution in [3.63, 3.8) is 0 Å². The van der Waals surface area contributed by atoms with Gasteiger partial charge in [-0.3, -0.25) is 0 Å². The van der Waals surface area contributed by atoms with E-state index in [2.05, 4.69) is 22.4 Å². The minimum absolute atomic E-state index is 0.190. The first kappa shape index (κ1) is 5.10. The number of rotatable bonds is 0. The molecule has 8 heavy (non-hydrogen) atoms. The van der Waals surface area contributed by atoms with E-state index in [-0.39, 0.29) is 5.95 Å². The summed E-state index contributed by atoms with van der Waals surface area (Å²) in [5, 5.41) is 5.92. The van der Waals surface area contributed by atoms with Crippen molar-refractivity contribution < 1.29 is 0 Å². The van der Waals surface area contributed by atoms with Crippen LogP contribution < -0.4 is 11.6 Å². The summed E-state index contributed by atoms with van der Waals surface area (Å²) in [6.07, 6.45) is 0. The summed E-state index contributed by atoms with van der Waals surface area (Å²) < 4.78 is 1.41. The molecule has 0 aliphatic heterocycles. The highest BCUT2D eigenvalue weighted by Crippen LogP contribution is 1.88. The molecule has 0 atom stereocenters. The van der Waals surface area contributed by atoms with Gasteiger partial charge in [0.15, 0.2) is 0 Å². The van der Waals surface area contributed by atoms with Crippen molar-refractivity contribution in [2.45, 2.75) is 0 Å². The topological polar surface area (TPSA) is 85.6 Å². The average molecular weight is 131 g/mol. The van der Waals surface area contributed by atoms with E-state index in [1.54, 1.807) is 0 Å². The first-order valence-electron chi connectivity index (χ1n) is 1.90. The van der Waals surface area contributed by atoms with Crippen LogP contribution in [0, 0.1) is 4.77 Å². The van der Waals surface area contributed by atoms with E-state index >= 15 is 0 Å². The molecule has 0 unspecified atom stereocenters. The monoisotopic (exact) mass is 131 g/mol. The van der Waals surface area contributed by atoms with Crippen LogP contribution >= 0.6 is 12.2 Å². The van der Waals surface area contributed by atoms with E-state index in [0.29, 0.717) is 4.77 Å². The lowest BCUT2D eigenvalue weighted by molar-refractivity contribution is 0.988. The molecular formula is C2H5N5S. The molecule has 0 radical (unpaired) electrons. The van der Waals surface area contributed by atoms with E-state index in [0.717, 1.165) is 4.68 Å². The third-order valence-corrected chi connectivity index (χ3v) is 1.02. The maximum atomic E-state index is 5.20. The Hall–Kier alpha value is -1.04. The Balaban J connectivity index is 3.41. The normalized spacial score (nSPS) is 9.50. The van der Waals surface area contributed by atoms with Crippen molar-refractivity contribution in [2.75, 3.05) is 11.6 Å². The minimum Gasteiger partial charge on any atom is -0.367 e. The van der Waals surface area contributed by atoms with Gasteiger partial charge in [-0.25, -0.2) is 9.77 Å². The molecule has 5 nitrogen and oxygen atoms in total. The molecule has 0 saturated carbocycles. The number of nitrogens with zero attached hydrogens (tertiary/aromatic N) is 2. The van der Waals surface area contributed by atoms with Gasteiger partial charge in [0.2, 0.25) is 10.7 Å². The number of nitrogen functional groups attached to an aromatic ring is 2. The predicted octanol–water partition coefficient (Wildman–Crippen LogP) is -0.763. The van der Waals surface area contributed by atoms with E-state index in [9.17, 15) is 0 Å². The number of hydrogen-bond donors (Lipinski definition) is 3. The van der Waals surface area contributed by atoms with Crippen molar-refractivity contribution in [2.24, 2.45) is 0 Å². The van der Waals surface area contributed by atoms with Gasteiger partial charge in [0.1, 0.15) is 0 Å².